The Balaban J connectivity index is 1.80. The summed E-state index contributed by atoms with van der Waals surface area (Å²) in [4.78, 5) is 23.4. The molecular formula is C16H21N3O3. The van der Waals surface area contributed by atoms with Crippen molar-refractivity contribution in [3.8, 4) is 5.75 Å². The predicted octanol–water partition coefficient (Wildman–Crippen LogP) is 1.59. The summed E-state index contributed by atoms with van der Waals surface area (Å²) in [5.41, 5.74) is 3.01. The van der Waals surface area contributed by atoms with Crippen molar-refractivity contribution in [3.05, 3.63) is 29.8 Å². The number of carbonyl (C=O) groups is 2. The Morgan fingerprint density at radius 3 is 2.73 bits per heavy atom. The molecule has 1 aromatic rings. The number of hydrogen-bond donors (Lipinski definition) is 2. The lowest BCUT2D eigenvalue weighted by molar-refractivity contribution is -0.139. The number of nitrogens with one attached hydrogen (secondary N) is 2. The molecule has 118 valence electrons. The SMILES string of the molecule is COc1cccc(/C=N\NC(=O)C(=O)NC2CCCCC2)c1. The molecule has 0 radical (unpaired) electrons. The first-order valence-electron chi connectivity index (χ1n) is 7.47. The summed E-state index contributed by atoms with van der Waals surface area (Å²) in [6.07, 6.45) is 6.73. The molecule has 22 heavy (non-hydrogen) atoms. The summed E-state index contributed by atoms with van der Waals surface area (Å²) in [6.45, 7) is 0. The molecule has 1 saturated carbocycles. The lowest BCUT2D eigenvalue weighted by atomic mass is 9.95. The summed E-state index contributed by atoms with van der Waals surface area (Å²) in [7, 11) is 1.58. The third kappa shape index (κ3) is 4.87. The molecule has 1 fully saturated rings. The lowest BCUT2D eigenvalue weighted by Crippen LogP contribution is -2.44. The molecule has 0 saturated heterocycles. The Bertz CT molecular complexity index is 551. The van der Waals surface area contributed by atoms with E-state index in [9.17, 15) is 9.59 Å². The fraction of sp³-hybridized carbons (Fsp3) is 0.438. The Labute approximate surface area is 129 Å². The number of amides is 2. The maximum absolute atomic E-state index is 11.7. The van der Waals surface area contributed by atoms with Crippen LogP contribution in [-0.4, -0.2) is 31.2 Å². The summed E-state index contributed by atoms with van der Waals surface area (Å²) < 4.78 is 5.09. The highest BCUT2D eigenvalue weighted by Gasteiger charge is 2.19. The average molecular weight is 303 g/mol. The number of ether oxygens (including phenoxy) is 1. The van der Waals surface area contributed by atoms with Gasteiger partial charge in [-0.25, -0.2) is 5.43 Å². The van der Waals surface area contributed by atoms with E-state index in [-0.39, 0.29) is 6.04 Å². The van der Waals surface area contributed by atoms with Crippen LogP contribution in [0.1, 0.15) is 37.7 Å². The second kappa shape index (κ2) is 8.17. The fourth-order valence-electron chi connectivity index (χ4n) is 2.44. The quantitative estimate of drug-likeness (QED) is 0.503. The Morgan fingerprint density at radius 2 is 2.00 bits per heavy atom. The maximum atomic E-state index is 11.7. The first kappa shape index (κ1) is 16.0. The monoisotopic (exact) mass is 303 g/mol. The zero-order chi connectivity index (χ0) is 15.8. The van der Waals surface area contributed by atoms with Crippen molar-refractivity contribution in [1.29, 1.82) is 0 Å². The molecule has 1 aliphatic rings. The highest BCUT2D eigenvalue weighted by Crippen LogP contribution is 2.17. The molecule has 1 aromatic carbocycles. The summed E-state index contributed by atoms with van der Waals surface area (Å²) in [5, 5.41) is 6.53. The Kier molecular flexibility index (Phi) is 5.94. The molecule has 0 aromatic heterocycles. The first-order valence-corrected chi connectivity index (χ1v) is 7.47. The number of hydrogen-bond acceptors (Lipinski definition) is 4. The van der Waals surface area contributed by atoms with Crippen LogP contribution in [0.5, 0.6) is 5.75 Å². The summed E-state index contributed by atoms with van der Waals surface area (Å²) in [5.74, 6) is -0.676. The third-order valence-corrected chi connectivity index (χ3v) is 3.62. The number of carbonyl (C=O) groups excluding carboxylic acids is 2. The number of benzene rings is 1. The van der Waals surface area contributed by atoms with Crippen LogP contribution in [0.2, 0.25) is 0 Å². The minimum atomic E-state index is -0.746. The topological polar surface area (TPSA) is 79.8 Å². The molecule has 0 bridgehead atoms. The third-order valence-electron chi connectivity index (χ3n) is 3.62. The van der Waals surface area contributed by atoms with E-state index in [1.807, 2.05) is 18.2 Å². The van der Waals surface area contributed by atoms with Gasteiger partial charge in [0, 0.05) is 6.04 Å². The van der Waals surface area contributed by atoms with Crippen LogP contribution in [0, 0.1) is 0 Å². The van der Waals surface area contributed by atoms with Crippen LogP contribution >= 0.6 is 0 Å². The van der Waals surface area contributed by atoms with Crippen LogP contribution in [0.3, 0.4) is 0 Å². The number of nitrogens with zero attached hydrogens (tertiary/aromatic N) is 1. The van der Waals surface area contributed by atoms with Gasteiger partial charge < -0.3 is 10.1 Å². The maximum Gasteiger partial charge on any atom is 0.329 e. The molecule has 1 aliphatic carbocycles. The largest absolute Gasteiger partial charge is 0.497 e. The molecular weight excluding hydrogens is 282 g/mol. The van der Waals surface area contributed by atoms with E-state index >= 15 is 0 Å². The zero-order valence-corrected chi connectivity index (χ0v) is 12.7. The van der Waals surface area contributed by atoms with Gasteiger partial charge in [-0.3, -0.25) is 9.59 Å². The number of rotatable bonds is 4. The van der Waals surface area contributed by atoms with Gasteiger partial charge in [-0.2, -0.15) is 5.10 Å². The van der Waals surface area contributed by atoms with Crippen LogP contribution in [0.15, 0.2) is 29.4 Å². The standard InChI is InChI=1S/C16H21N3O3/c1-22-14-9-5-6-12(10-14)11-17-19-16(21)15(20)18-13-7-3-2-4-8-13/h5-6,9-11,13H,2-4,7-8H2,1H3,(H,18,20)(H,19,21)/b17-11-. The lowest BCUT2D eigenvalue weighted by Gasteiger charge is -2.22. The summed E-state index contributed by atoms with van der Waals surface area (Å²) in [6, 6.07) is 7.33. The van der Waals surface area contributed by atoms with Crippen molar-refractivity contribution in [3.63, 3.8) is 0 Å². The van der Waals surface area contributed by atoms with E-state index in [2.05, 4.69) is 15.8 Å². The van der Waals surface area contributed by atoms with Crippen molar-refractivity contribution in [2.24, 2.45) is 5.10 Å². The van der Waals surface area contributed by atoms with Crippen LogP contribution in [0.25, 0.3) is 0 Å². The molecule has 0 heterocycles. The molecule has 6 nitrogen and oxygen atoms in total. The van der Waals surface area contributed by atoms with E-state index in [1.165, 1.54) is 12.6 Å². The van der Waals surface area contributed by atoms with Crippen molar-refractivity contribution < 1.29 is 14.3 Å². The Morgan fingerprint density at radius 1 is 1.23 bits per heavy atom. The fourth-order valence-corrected chi connectivity index (χ4v) is 2.44. The van der Waals surface area contributed by atoms with Gasteiger partial charge >= 0.3 is 11.8 Å². The molecule has 0 aliphatic heterocycles. The molecule has 2 N–H and O–H groups in total. The van der Waals surface area contributed by atoms with Crippen molar-refractivity contribution in [2.45, 2.75) is 38.1 Å². The van der Waals surface area contributed by atoms with E-state index in [1.54, 1.807) is 13.2 Å². The first-order chi connectivity index (χ1) is 10.7. The molecule has 2 amide bonds. The normalized spacial score (nSPS) is 15.5. The second-order valence-electron chi connectivity index (χ2n) is 5.28. The van der Waals surface area contributed by atoms with Gasteiger partial charge in [-0.05, 0) is 30.5 Å². The highest BCUT2D eigenvalue weighted by molar-refractivity contribution is 6.35. The molecule has 0 unspecified atom stereocenters. The van der Waals surface area contributed by atoms with Crippen molar-refractivity contribution >= 4 is 18.0 Å². The van der Waals surface area contributed by atoms with Gasteiger partial charge in [0.05, 0.1) is 13.3 Å². The number of hydrazone groups is 1. The van der Waals surface area contributed by atoms with Crippen molar-refractivity contribution in [1.82, 2.24) is 10.7 Å². The zero-order valence-electron chi connectivity index (χ0n) is 12.7. The van der Waals surface area contributed by atoms with Gasteiger partial charge in [0.15, 0.2) is 0 Å². The van der Waals surface area contributed by atoms with E-state index in [4.69, 9.17) is 4.74 Å². The van der Waals surface area contributed by atoms with Crippen LogP contribution in [-0.2, 0) is 9.59 Å². The minimum Gasteiger partial charge on any atom is -0.497 e. The van der Waals surface area contributed by atoms with Gasteiger partial charge in [0.25, 0.3) is 0 Å². The van der Waals surface area contributed by atoms with Gasteiger partial charge in [0.1, 0.15) is 5.75 Å². The van der Waals surface area contributed by atoms with E-state index in [0.29, 0.717) is 5.75 Å². The van der Waals surface area contributed by atoms with Gasteiger partial charge in [-0.15, -0.1) is 0 Å². The molecule has 2 rings (SSSR count). The van der Waals surface area contributed by atoms with E-state index < -0.39 is 11.8 Å². The second-order valence-corrected chi connectivity index (χ2v) is 5.28. The van der Waals surface area contributed by atoms with Crippen LogP contribution in [0.4, 0.5) is 0 Å². The van der Waals surface area contributed by atoms with Gasteiger partial charge in [-0.1, -0.05) is 31.4 Å². The van der Waals surface area contributed by atoms with Gasteiger partial charge in [0.2, 0.25) is 0 Å². The minimum absolute atomic E-state index is 0.106. The predicted molar refractivity (Wildman–Crippen MR) is 83.7 cm³/mol. The summed E-state index contributed by atoms with van der Waals surface area (Å²) >= 11 is 0. The smallest absolute Gasteiger partial charge is 0.329 e. The van der Waals surface area contributed by atoms with Crippen LogP contribution < -0.4 is 15.5 Å². The average Bonchev–Trinajstić information content (AvgIpc) is 2.56. The molecule has 0 atom stereocenters. The highest BCUT2D eigenvalue weighted by atomic mass is 16.5. The number of methoxy groups -OCH3 is 1. The molecule has 6 heteroatoms. The van der Waals surface area contributed by atoms with E-state index in [0.717, 1.165) is 31.2 Å². The Hall–Kier alpha value is -2.37. The van der Waals surface area contributed by atoms with Crippen molar-refractivity contribution in [2.75, 3.05) is 7.11 Å². The molecule has 0 spiro atoms.